The lowest BCUT2D eigenvalue weighted by Gasteiger charge is -2.12. The summed E-state index contributed by atoms with van der Waals surface area (Å²) in [5.41, 5.74) is 11.8. The molecule has 62 heavy (non-hydrogen) atoms. The Labute approximate surface area is 356 Å². The van der Waals surface area contributed by atoms with Crippen LogP contribution in [0.4, 0.5) is 0 Å². The highest BCUT2D eigenvalue weighted by molar-refractivity contribution is 6.12. The smallest absolute Gasteiger partial charge is 0.238 e. The first-order chi connectivity index (χ1) is 30.7. The van der Waals surface area contributed by atoms with Crippen molar-refractivity contribution in [3.05, 3.63) is 212 Å². The molecule has 290 valence electrons. The SMILES string of the molecule is c1ccc(-c2cc(-c3ccccc3)nc(-n3c4ccccc4c4ccc(-c5ccc6c7ccccc7n(-c7nc(-c8ccccc8)nc(-c8ccccc8)n7)c6c5)cc43)n2)cc1. The number of aromatic nitrogens is 7. The third-order valence-electron chi connectivity index (χ3n) is 11.6. The fraction of sp³-hybridized carbons (Fsp3) is 0. The molecule has 12 aromatic rings. The van der Waals surface area contributed by atoms with Crippen molar-refractivity contribution in [2.75, 3.05) is 0 Å². The van der Waals surface area contributed by atoms with Crippen LogP contribution in [0, 0.1) is 0 Å². The Morgan fingerprint density at radius 2 is 0.597 bits per heavy atom. The summed E-state index contributed by atoms with van der Waals surface area (Å²) in [5.74, 6) is 2.40. The Morgan fingerprint density at radius 1 is 0.242 bits per heavy atom. The van der Waals surface area contributed by atoms with Crippen LogP contribution < -0.4 is 0 Å². The van der Waals surface area contributed by atoms with Crippen molar-refractivity contribution in [2.24, 2.45) is 0 Å². The van der Waals surface area contributed by atoms with Gasteiger partial charge in [0.2, 0.25) is 11.9 Å². The predicted molar refractivity (Wildman–Crippen MR) is 251 cm³/mol. The molecule has 0 fully saturated rings. The average Bonchev–Trinajstić information content (AvgIpc) is 3.87. The average molecular weight is 794 g/mol. The van der Waals surface area contributed by atoms with Gasteiger partial charge in [0.25, 0.3) is 0 Å². The molecule has 0 saturated heterocycles. The molecule has 0 radical (unpaired) electrons. The van der Waals surface area contributed by atoms with E-state index in [-0.39, 0.29) is 0 Å². The zero-order chi connectivity index (χ0) is 41.0. The summed E-state index contributed by atoms with van der Waals surface area (Å²) in [6, 6.07) is 73.4. The summed E-state index contributed by atoms with van der Waals surface area (Å²) in [7, 11) is 0. The second kappa shape index (κ2) is 14.6. The summed E-state index contributed by atoms with van der Waals surface area (Å²) in [6.45, 7) is 0. The van der Waals surface area contributed by atoms with Gasteiger partial charge in [-0.05, 0) is 41.5 Å². The van der Waals surface area contributed by atoms with Crippen molar-refractivity contribution in [1.82, 2.24) is 34.1 Å². The number of para-hydroxylation sites is 2. The summed E-state index contributed by atoms with van der Waals surface area (Å²) in [6.07, 6.45) is 0. The van der Waals surface area contributed by atoms with Crippen LogP contribution in [0.15, 0.2) is 212 Å². The Bertz CT molecular complexity index is 3260. The zero-order valence-corrected chi connectivity index (χ0v) is 33.3. The monoisotopic (exact) mass is 793 g/mol. The number of rotatable bonds is 7. The van der Waals surface area contributed by atoms with Crippen LogP contribution in [0.2, 0.25) is 0 Å². The molecule has 4 aromatic heterocycles. The first kappa shape index (κ1) is 35.4. The van der Waals surface area contributed by atoms with Crippen LogP contribution in [-0.2, 0) is 0 Å². The lowest BCUT2D eigenvalue weighted by molar-refractivity contribution is 0.953. The van der Waals surface area contributed by atoms with Crippen LogP contribution in [0.5, 0.6) is 0 Å². The van der Waals surface area contributed by atoms with Crippen molar-refractivity contribution < 1.29 is 0 Å². The molecule has 7 heteroatoms. The van der Waals surface area contributed by atoms with E-state index < -0.39 is 0 Å². The van der Waals surface area contributed by atoms with Gasteiger partial charge in [0.05, 0.1) is 33.5 Å². The van der Waals surface area contributed by atoms with Gasteiger partial charge in [-0.25, -0.2) is 15.0 Å². The molecule has 0 unspecified atom stereocenters. The van der Waals surface area contributed by atoms with Gasteiger partial charge in [-0.1, -0.05) is 182 Å². The Morgan fingerprint density at radius 3 is 1.03 bits per heavy atom. The summed E-state index contributed by atoms with van der Waals surface area (Å²) in [4.78, 5) is 25.9. The number of benzene rings is 8. The molecule has 12 rings (SSSR count). The molecule has 0 bridgehead atoms. The molecule has 8 aromatic carbocycles. The highest BCUT2D eigenvalue weighted by Gasteiger charge is 2.21. The largest absolute Gasteiger partial charge is 0.278 e. The lowest BCUT2D eigenvalue weighted by Crippen LogP contribution is -2.06. The molecule has 0 aliphatic carbocycles. The van der Waals surface area contributed by atoms with Gasteiger partial charge < -0.3 is 0 Å². The predicted octanol–water partition coefficient (Wildman–Crippen LogP) is 13.2. The minimum atomic E-state index is 0.557. The second-order valence-electron chi connectivity index (χ2n) is 15.4. The van der Waals surface area contributed by atoms with E-state index in [2.05, 4.69) is 124 Å². The Kier molecular flexibility index (Phi) is 8.35. The molecular formula is C55H35N7. The van der Waals surface area contributed by atoms with E-state index in [0.29, 0.717) is 23.5 Å². The van der Waals surface area contributed by atoms with Gasteiger partial charge in [0.15, 0.2) is 11.6 Å². The van der Waals surface area contributed by atoms with Crippen LogP contribution in [0.3, 0.4) is 0 Å². The maximum atomic E-state index is 5.27. The van der Waals surface area contributed by atoms with Gasteiger partial charge in [-0.3, -0.25) is 9.13 Å². The topological polar surface area (TPSA) is 74.3 Å². The first-order valence-electron chi connectivity index (χ1n) is 20.7. The molecule has 0 atom stereocenters. The second-order valence-corrected chi connectivity index (χ2v) is 15.4. The Hall–Kier alpha value is -8.55. The van der Waals surface area contributed by atoms with Gasteiger partial charge in [0.1, 0.15) is 0 Å². The van der Waals surface area contributed by atoms with Crippen LogP contribution >= 0.6 is 0 Å². The van der Waals surface area contributed by atoms with Gasteiger partial charge in [-0.15, -0.1) is 0 Å². The summed E-state index contributed by atoms with van der Waals surface area (Å²) < 4.78 is 4.39. The van der Waals surface area contributed by atoms with E-state index in [9.17, 15) is 0 Å². The molecule has 4 heterocycles. The number of nitrogens with zero attached hydrogens (tertiary/aromatic N) is 7. The third kappa shape index (κ3) is 6.02. The molecule has 0 N–H and O–H groups in total. The number of hydrogen-bond donors (Lipinski definition) is 0. The summed E-state index contributed by atoms with van der Waals surface area (Å²) in [5, 5.41) is 4.50. The lowest BCUT2D eigenvalue weighted by atomic mass is 10.0. The normalized spacial score (nSPS) is 11.5. The van der Waals surface area contributed by atoms with Crippen LogP contribution in [0.1, 0.15) is 0 Å². The van der Waals surface area contributed by atoms with Crippen molar-refractivity contribution in [3.63, 3.8) is 0 Å². The fourth-order valence-corrected chi connectivity index (χ4v) is 8.68. The van der Waals surface area contributed by atoms with Crippen molar-refractivity contribution in [1.29, 1.82) is 0 Å². The maximum absolute atomic E-state index is 5.27. The van der Waals surface area contributed by atoms with Crippen LogP contribution in [-0.4, -0.2) is 34.1 Å². The maximum Gasteiger partial charge on any atom is 0.238 e. The molecule has 0 saturated carbocycles. The fourth-order valence-electron chi connectivity index (χ4n) is 8.68. The van der Waals surface area contributed by atoms with E-state index in [1.165, 1.54) is 0 Å². The summed E-state index contributed by atoms with van der Waals surface area (Å²) >= 11 is 0. The standard InChI is InChI=1S/C55H35N7/c1-5-17-36(18-6-1)46-35-47(37-19-7-2-8-20-37)57-54(56-46)61-48-27-15-13-25-42(48)44-31-29-40(33-50(44)61)41-30-32-45-43-26-14-16-28-49(43)62(51(45)34-41)55-59-52(38-21-9-3-10-22-38)58-53(60-55)39-23-11-4-12-24-39/h1-35H. The van der Waals surface area contributed by atoms with E-state index in [1.54, 1.807) is 0 Å². The Balaban J connectivity index is 1.08. The molecule has 0 aliphatic heterocycles. The van der Waals surface area contributed by atoms with E-state index >= 15 is 0 Å². The first-order valence-corrected chi connectivity index (χ1v) is 20.7. The molecular weight excluding hydrogens is 759 g/mol. The van der Waals surface area contributed by atoms with Crippen molar-refractivity contribution in [2.45, 2.75) is 0 Å². The van der Waals surface area contributed by atoms with E-state index in [4.69, 9.17) is 24.9 Å². The van der Waals surface area contributed by atoms with Gasteiger partial charge in [-0.2, -0.15) is 9.97 Å². The van der Waals surface area contributed by atoms with Gasteiger partial charge in [0, 0.05) is 43.8 Å². The van der Waals surface area contributed by atoms with Gasteiger partial charge >= 0.3 is 0 Å². The quantitative estimate of drug-likeness (QED) is 0.161. The van der Waals surface area contributed by atoms with Crippen LogP contribution in [0.25, 0.3) is 112 Å². The van der Waals surface area contributed by atoms with Crippen molar-refractivity contribution >= 4 is 43.6 Å². The van der Waals surface area contributed by atoms with E-state index in [1.807, 2.05) is 97.1 Å². The minimum absolute atomic E-state index is 0.557. The molecule has 0 aliphatic rings. The third-order valence-corrected chi connectivity index (χ3v) is 11.6. The number of hydrogen-bond acceptors (Lipinski definition) is 5. The highest BCUT2D eigenvalue weighted by Crippen LogP contribution is 2.38. The molecule has 0 amide bonds. The minimum Gasteiger partial charge on any atom is -0.278 e. The molecule has 7 nitrogen and oxygen atoms in total. The number of fused-ring (bicyclic) bond motifs is 6. The van der Waals surface area contributed by atoms with Crippen molar-refractivity contribution in [3.8, 4) is 68.3 Å². The highest BCUT2D eigenvalue weighted by atomic mass is 15.2. The molecule has 0 spiro atoms. The van der Waals surface area contributed by atoms with E-state index in [0.717, 1.165) is 88.4 Å². The zero-order valence-electron chi connectivity index (χ0n) is 33.3.